The number of aliphatic hydroxyl groups is 1. The number of hydrogen-bond acceptors (Lipinski definition) is 15. The van der Waals surface area contributed by atoms with Crippen LogP contribution in [0.1, 0.15) is 310 Å². The third-order valence-electron chi connectivity index (χ3n) is 16.1. The quantitative estimate of drug-likeness (QED) is 0.0169. The van der Waals surface area contributed by atoms with Gasteiger partial charge in [0.15, 0.2) is 12.2 Å². The fourth-order valence-electron chi connectivity index (χ4n) is 10.1. The van der Waals surface area contributed by atoms with Gasteiger partial charge in [-0.3, -0.25) is 37.3 Å². The smallest absolute Gasteiger partial charge is 0.462 e. The first-order valence-corrected chi connectivity index (χ1v) is 42.4. The molecule has 19 heteroatoms. The van der Waals surface area contributed by atoms with E-state index in [-0.39, 0.29) is 25.7 Å². The maximum Gasteiger partial charge on any atom is 0.472 e. The normalized spacial score (nSPS) is 14.6. The summed E-state index contributed by atoms with van der Waals surface area (Å²) in [5.74, 6) is -2.25. The van der Waals surface area contributed by atoms with Crippen LogP contribution in [0.3, 0.4) is 0 Å². The second-order valence-corrected chi connectivity index (χ2v) is 28.8. The molecular weight excluding hydrogens is 1330 g/mol. The Labute approximate surface area is 618 Å². The van der Waals surface area contributed by atoms with Crippen LogP contribution in [0.2, 0.25) is 0 Å². The van der Waals surface area contributed by atoms with Gasteiger partial charge in [0.25, 0.3) is 0 Å². The van der Waals surface area contributed by atoms with Crippen LogP contribution in [0.4, 0.5) is 0 Å². The van der Waals surface area contributed by atoms with Crippen LogP contribution in [-0.2, 0) is 65.4 Å². The van der Waals surface area contributed by atoms with Crippen molar-refractivity contribution in [2.45, 2.75) is 329 Å². The lowest BCUT2D eigenvalue weighted by Gasteiger charge is -2.21. The van der Waals surface area contributed by atoms with Gasteiger partial charge in [-0.1, -0.05) is 277 Å². The predicted octanol–water partition coefficient (Wildman–Crippen LogP) is 22.9. The average Bonchev–Trinajstić information content (AvgIpc) is 0.926. The van der Waals surface area contributed by atoms with Gasteiger partial charge >= 0.3 is 39.5 Å². The highest BCUT2D eigenvalue weighted by Gasteiger charge is 2.30. The van der Waals surface area contributed by atoms with Crippen molar-refractivity contribution in [2.24, 2.45) is 0 Å². The van der Waals surface area contributed by atoms with Crippen molar-refractivity contribution in [3.05, 3.63) is 134 Å². The van der Waals surface area contributed by atoms with Crippen molar-refractivity contribution >= 4 is 39.5 Å². The molecule has 5 unspecified atom stereocenters. The summed E-state index contributed by atoms with van der Waals surface area (Å²) in [6, 6.07) is 0. The molecule has 0 aromatic carbocycles. The average molecular weight is 1470 g/mol. The summed E-state index contributed by atoms with van der Waals surface area (Å²) in [4.78, 5) is 72.9. The van der Waals surface area contributed by atoms with E-state index in [2.05, 4.69) is 161 Å². The summed E-state index contributed by atoms with van der Waals surface area (Å²) in [6.45, 7) is 4.54. The minimum absolute atomic E-state index is 0.0702. The predicted molar refractivity (Wildman–Crippen MR) is 418 cm³/mol. The fraction of sp³-hybridized carbons (Fsp3) is 0.687. The SMILES string of the molecule is CC/C=C\C/C=C\C/C=C\C/C=C\C/C=C\CCCCCC(=O)OCC(COP(=O)(O)OCC(O)COP(=O)(O)OCC(COC(=O)CCCCCC/C=C\C/C=C\C/C=C\C/C=C\CC)OC(=O)CCCCCCC/C=C\C/C=C\CCCCC)OC(=O)CCCCCCCCCCCCC. The largest absolute Gasteiger partial charge is 0.472 e. The maximum atomic E-state index is 13.1. The van der Waals surface area contributed by atoms with E-state index >= 15 is 0 Å². The van der Waals surface area contributed by atoms with E-state index in [0.717, 1.165) is 173 Å². The summed E-state index contributed by atoms with van der Waals surface area (Å²) >= 11 is 0. The number of phosphoric acid groups is 2. The fourth-order valence-corrected chi connectivity index (χ4v) is 11.7. The third-order valence-corrected chi connectivity index (χ3v) is 18.0. The number of carbonyl (C=O) groups excluding carboxylic acids is 4. The number of ether oxygens (including phenoxy) is 4. The van der Waals surface area contributed by atoms with Gasteiger partial charge in [0.05, 0.1) is 26.4 Å². The first kappa shape index (κ1) is 97.2. The first-order chi connectivity index (χ1) is 49.7. The number of allylic oxidation sites excluding steroid dienone is 22. The van der Waals surface area contributed by atoms with Crippen molar-refractivity contribution in [1.82, 2.24) is 0 Å². The topological polar surface area (TPSA) is 237 Å². The lowest BCUT2D eigenvalue weighted by molar-refractivity contribution is -0.161. The van der Waals surface area contributed by atoms with E-state index < -0.39 is 97.5 Å². The van der Waals surface area contributed by atoms with Gasteiger partial charge in [0, 0.05) is 25.7 Å². The number of esters is 4. The van der Waals surface area contributed by atoms with Gasteiger partial charge in [0.1, 0.15) is 19.3 Å². The molecule has 0 amide bonds. The molecule has 0 aromatic rings. The summed E-state index contributed by atoms with van der Waals surface area (Å²) in [5.41, 5.74) is 0. The number of hydrogen-bond donors (Lipinski definition) is 3. The number of rotatable bonds is 73. The minimum Gasteiger partial charge on any atom is -0.462 e. The van der Waals surface area contributed by atoms with E-state index in [4.69, 9.17) is 37.0 Å². The number of aliphatic hydroxyl groups excluding tert-OH is 1. The van der Waals surface area contributed by atoms with E-state index in [1.165, 1.54) is 57.8 Å². The lowest BCUT2D eigenvalue weighted by Crippen LogP contribution is -2.30. The molecule has 0 aliphatic heterocycles. The van der Waals surface area contributed by atoms with Crippen LogP contribution in [0.5, 0.6) is 0 Å². The van der Waals surface area contributed by atoms with Crippen molar-refractivity contribution < 1.29 is 80.2 Å². The zero-order valence-electron chi connectivity index (χ0n) is 63.7. The van der Waals surface area contributed by atoms with Crippen LogP contribution in [0.25, 0.3) is 0 Å². The Bertz CT molecular complexity index is 2460. The van der Waals surface area contributed by atoms with Crippen molar-refractivity contribution in [2.75, 3.05) is 39.6 Å². The van der Waals surface area contributed by atoms with Gasteiger partial charge in [0.2, 0.25) is 0 Å². The highest BCUT2D eigenvalue weighted by Crippen LogP contribution is 2.45. The molecule has 584 valence electrons. The molecule has 0 radical (unpaired) electrons. The monoisotopic (exact) mass is 1470 g/mol. The Morgan fingerprint density at radius 3 is 0.814 bits per heavy atom. The molecule has 0 saturated carbocycles. The highest BCUT2D eigenvalue weighted by molar-refractivity contribution is 7.47. The molecule has 3 N–H and O–H groups in total. The Kier molecular flexibility index (Phi) is 71.0. The van der Waals surface area contributed by atoms with Crippen LogP contribution < -0.4 is 0 Å². The molecule has 0 heterocycles. The summed E-state index contributed by atoms with van der Waals surface area (Å²) in [6.07, 6.45) is 82.9. The highest BCUT2D eigenvalue weighted by atomic mass is 31.2. The van der Waals surface area contributed by atoms with Gasteiger partial charge in [-0.25, -0.2) is 9.13 Å². The Morgan fingerprint density at radius 1 is 0.284 bits per heavy atom. The van der Waals surface area contributed by atoms with E-state index in [1.807, 2.05) is 0 Å². The molecule has 0 saturated heterocycles. The van der Waals surface area contributed by atoms with Crippen molar-refractivity contribution in [3.8, 4) is 0 Å². The molecule has 0 aliphatic rings. The van der Waals surface area contributed by atoms with Crippen LogP contribution in [-0.4, -0.2) is 96.7 Å². The van der Waals surface area contributed by atoms with Crippen molar-refractivity contribution in [1.29, 1.82) is 0 Å². The van der Waals surface area contributed by atoms with Gasteiger partial charge in [-0.15, -0.1) is 0 Å². The summed E-state index contributed by atoms with van der Waals surface area (Å²) in [7, 11) is -9.97. The second-order valence-electron chi connectivity index (χ2n) is 25.9. The molecule has 0 aromatic heterocycles. The molecule has 102 heavy (non-hydrogen) atoms. The summed E-state index contributed by atoms with van der Waals surface area (Å²) in [5, 5.41) is 10.6. The Balaban J connectivity index is 5.38. The number of carbonyl (C=O) groups is 4. The lowest BCUT2D eigenvalue weighted by atomic mass is 10.1. The zero-order chi connectivity index (χ0) is 74.6. The second kappa shape index (κ2) is 74.5. The van der Waals surface area contributed by atoms with Crippen LogP contribution in [0.15, 0.2) is 134 Å². The molecule has 0 fully saturated rings. The van der Waals surface area contributed by atoms with Crippen molar-refractivity contribution in [3.63, 3.8) is 0 Å². The van der Waals surface area contributed by atoms with Crippen LogP contribution >= 0.6 is 15.6 Å². The van der Waals surface area contributed by atoms with Gasteiger partial charge < -0.3 is 33.8 Å². The third kappa shape index (κ3) is 73.5. The molecule has 0 rings (SSSR count). The minimum atomic E-state index is -4.99. The molecule has 0 aliphatic carbocycles. The first-order valence-electron chi connectivity index (χ1n) is 39.4. The molecule has 17 nitrogen and oxygen atoms in total. The molecular formula is C83H140O17P2. The summed E-state index contributed by atoms with van der Waals surface area (Å²) < 4.78 is 68.5. The Hall–Kier alpha value is -4.80. The van der Waals surface area contributed by atoms with E-state index in [1.54, 1.807) is 0 Å². The maximum absolute atomic E-state index is 13.1. The molecule has 5 atom stereocenters. The van der Waals surface area contributed by atoms with Gasteiger partial charge in [-0.2, -0.15) is 0 Å². The van der Waals surface area contributed by atoms with E-state index in [0.29, 0.717) is 25.7 Å². The van der Waals surface area contributed by atoms with E-state index in [9.17, 15) is 43.2 Å². The van der Waals surface area contributed by atoms with Crippen LogP contribution in [0, 0.1) is 0 Å². The Morgan fingerprint density at radius 2 is 0.510 bits per heavy atom. The number of phosphoric ester groups is 2. The molecule has 0 spiro atoms. The number of unbranched alkanes of at least 4 members (excludes halogenated alkanes) is 25. The van der Waals surface area contributed by atoms with Gasteiger partial charge in [-0.05, 0) is 141 Å². The zero-order valence-corrected chi connectivity index (χ0v) is 65.5. The molecule has 0 bridgehead atoms. The standard InChI is InChI=1S/C83H140O17P2/c1-5-9-13-17-21-25-29-32-35-37-38-40-43-45-49-52-56-60-64-68-80(85)93-73-78(99-82(87)69-65-61-57-53-47-28-24-20-16-12-8-4)75-97-101(89,90)95-71-77(84)72-96-102(91,92)98-76-79(100-83(88)70-66-62-58-54-50-46-41-34-31-27-23-19-15-11-7-3)74-94-81(86)67-63-59-55-51-48-44-42-39-36-33-30-26-22-18-14-10-6-2/h9-10,13-14,21-23,25-27,32-36,38,40-42,44-45,49,77-79,84H,5-8,11-12,15-20,24,28-31,37,39,43,46-48,50-76H2,1-4H3,(H,89,90)(H,91,92)/b13-9-,14-10-,25-21-,26-22-,27-23-,35-32-,36-33-,40-38-,41-34-,44-42-,49-45-.